The van der Waals surface area contributed by atoms with Gasteiger partial charge in [0.15, 0.2) is 6.61 Å². The van der Waals surface area contributed by atoms with Gasteiger partial charge in [0.25, 0.3) is 5.91 Å². The summed E-state index contributed by atoms with van der Waals surface area (Å²) in [7, 11) is 2.89. The normalized spacial score (nSPS) is 24.3. The molecule has 2 aliphatic rings. The lowest BCUT2D eigenvalue weighted by atomic mass is 9.64. The van der Waals surface area contributed by atoms with Crippen LogP contribution < -0.4 is 14.8 Å². The van der Waals surface area contributed by atoms with Crippen molar-refractivity contribution in [2.24, 2.45) is 11.3 Å². The molecule has 1 aromatic rings. The van der Waals surface area contributed by atoms with Crippen molar-refractivity contribution in [2.45, 2.75) is 45.6 Å². The third-order valence-electron chi connectivity index (χ3n) is 5.98. The fourth-order valence-electron chi connectivity index (χ4n) is 5.08. The average molecular weight is 447 g/mol. The van der Waals surface area contributed by atoms with Gasteiger partial charge in [0.1, 0.15) is 23.6 Å². The van der Waals surface area contributed by atoms with Crippen molar-refractivity contribution in [3.63, 3.8) is 0 Å². The molecule has 2 atom stereocenters. The summed E-state index contributed by atoms with van der Waals surface area (Å²) in [6.45, 7) is 5.08. The first-order valence-electron chi connectivity index (χ1n) is 10.6. The van der Waals surface area contributed by atoms with Crippen molar-refractivity contribution < 1.29 is 33.4 Å². The highest BCUT2D eigenvalue weighted by atomic mass is 16.5. The molecule has 2 fully saturated rings. The molecule has 9 heteroatoms. The fourth-order valence-corrected chi connectivity index (χ4v) is 5.08. The van der Waals surface area contributed by atoms with E-state index in [1.165, 1.54) is 20.3 Å². The number of carbonyl (C=O) groups excluding carboxylic acids is 4. The van der Waals surface area contributed by atoms with E-state index >= 15 is 0 Å². The molecule has 0 aromatic heterocycles. The van der Waals surface area contributed by atoms with E-state index in [0.29, 0.717) is 24.3 Å². The zero-order chi connectivity index (χ0) is 23.7. The van der Waals surface area contributed by atoms with Crippen LogP contribution in [0.5, 0.6) is 11.5 Å². The van der Waals surface area contributed by atoms with Crippen molar-refractivity contribution in [2.75, 3.05) is 27.4 Å². The number of hydrogen-bond donors (Lipinski definition) is 1. The Morgan fingerprint density at radius 1 is 1.16 bits per heavy atom. The minimum absolute atomic E-state index is 0.112. The Balaban J connectivity index is 1.64. The first-order chi connectivity index (χ1) is 15.0. The minimum Gasteiger partial charge on any atom is -0.497 e. The third-order valence-corrected chi connectivity index (χ3v) is 5.98. The molecule has 9 nitrogen and oxygen atoms in total. The van der Waals surface area contributed by atoms with E-state index in [1.54, 1.807) is 12.1 Å². The number of hydrogen-bond acceptors (Lipinski definition) is 7. The zero-order valence-electron chi connectivity index (χ0n) is 19.1. The number of methoxy groups -OCH3 is 2. The average Bonchev–Trinajstić information content (AvgIpc) is 2.93. The Labute approximate surface area is 187 Å². The van der Waals surface area contributed by atoms with Crippen LogP contribution in [0, 0.1) is 11.3 Å². The number of imide groups is 1. The molecule has 0 radical (unpaired) electrons. The monoisotopic (exact) mass is 446 g/mol. The molecule has 3 rings (SSSR count). The highest BCUT2D eigenvalue weighted by molar-refractivity contribution is 6.09. The maximum atomic E-state index is 13.1. The van der Waals surface area contributed by atoms with Gasteiger partial charge < -0.3 is 19.5 Å². The molecular weight excluding hydrogens is 416 g/mol. The van der Waals surface area contributed by atoms with E-state index in [9.17, 15) is 19.2 Å². The predicted molar refractivity (Wildman–Crippen MR) is 115 cm³/mol. The molecular formula is C23H30N2O7. The van der Waals surface area contributed by atoms with Gasteiger partial charge in [-0.1, -0.05) is 20.8 Å². The second-order valence-corrected chi connectivity index (χ2v) is 9.41. The Hall–Kier alpha value is -3.10. The van der Waals surface area contributed by atoms with Gasteiger partial charge in [-0.3, -0.25) is 19.3 Å². The van der Waals surface area contributed by atoms with Gasteiger partial charge in [0.2, 0.25) is 5.78 Å². The van der Waals surface area contributed by atoms with E-state index in [4.69, 9.17) is 14.2 Å². The van der Waals surface area contributed by atoms with Gasteiger partial charge in [0.05, 0.1) is 19.8 Å². The molecule has 174 valence electrons. The molecule has 3 amide bonds. The van der Waals surface area contributed by atoms with Crippen LogP contribution in [0.3, 0.4) is 0 Å². The van der Waals surface area contributed by atoms with Crippen molar-refractivity contribution in [1.82, 2.24) is 10.2 Å². The van der Waals surface area contributed by atoms with Crippen LogP contribution in [0.4, 0.5) is 4.79 Å². The molecule has 1 spiro atoms. The summed E-state index contributed by atoms with van der Waals surface area (Å²) < 4.78 is 15.4. The molecule has 1 aliphatic carbocycles. The first-order valence-corrected chi connectivity index (χ1v) is 10.6. The number of nitrogens with zero attached hydrogens (tertiary/aromatic N) is 1. The van der Waals surface area contributed by atoms with Gasteiger partial charge in [-0.2, -0.15) is 0 Å². The van der Waals surface area contributed by atoms with Crippen molar-refractivity contribution in [3.05, 3.63) is 23.8 Å². The summed E-state index contributed by atoms with van der Waals surface area (Å²) in [6.07, 6.45) is 1.99. The SMILES string of the molecule is COc1ccc(OC)c(C(=O)COC(=O)CN2C(=O)N[C@@]3(C[C@@H](C)CC(C)(C)C3)C2=O)c1. The number of nitrogens with one attached hydrogen (secondary N) is 1. The summed E-state index contributed by atoms with van der Waals surface area (Å²) in [5.41, 5.74) is -0.909. The summed E-state index contributed by atoms with van der Waals surface area (Å²) in [5.74, 6) is -0.730. The van der Waals surface area contributed by atoms with Crippen LogP contribution in [-0.4, -0.2) is 61.5 Å². The summed E-state index contributed by atoms with van der Waals surface area (Å²) in [5, 5.41) is 2.81. The van der Waals surface area contributed by atoms with E-state index in [2.05, 4.69) is 26.1 Å². The first kappa shape index (κ1) is 23.6. The van der Waals surface area contributed by atoms with Gasteiger partial charge in [-0.05, 0) is 48.8 Å². The largest absolute Gasteiger partial charge is 0.497 e. The maximum absolute atomic E-state index is 13.1. The van der Waals surface area contributed by atoms with Crippen LogP contribution in [0.25, 0.3) is 0 Å². The number of amides is 3. The van der Waals surface area contributed by atoms with Crippen molar-refractivity contribution >= 4 is 23.7 Å². The summed E-state index contributed by atoms with van der Waals surface area (Å²) in [4.78, 5) is 51.4. The standard InChI is InChI=1S/C23H30N2O7/c1-14-9-22(2,3)13-23(10-14)20(28)25(21(29)24-23)11-19(27)32-12-17(26)16-8-15(30-4)6-7-18(16)31-5/h6-8,14H,9-13H2,1-5H3,(H,24,29)/t14-,23+/m0/s1. The molecule has 1 aromatic carbocycles. The van der Waals surface area contributed by atoms with E-state index in [1.807, 2.05) is 0 Å². The minimum atomic E-state index is -0.998. The Morgan fingerprint density at radius 2 is 1.88 bits per heavy atom. The lowest BCUT2D eigenvalue weighted by Gasteiger charge is -2.43. The number of urea groups is 1. The molecule has 0 bridgehead atoms. The van der Waals surface area contributed by atoms with Gasteiger partial charge in [0, 0.05) is 0 Å². The second-order valence-electron chi connectivity index (χ2n) is 9.41. The molecule has 1 aliphatic heterocycles. The fraction of sp³-hybridized carbons (Fsp3) is 0.565. The highest BCUT2D eigenvalue weighted by Gasteiger charge is 2.56. The number of ketones is 1. The summed E-state index contributed by atoms with van der Waals surface area (Å²) >= 11 is 0. The quantitative estimate of drug-likeness (QED) is 0.389. The lowest BCUT2D eigenvalue weighted by Crippen LogP contribution is -2.54. The number of rotatable bonds is 7. The second kappa shape index (κ2) is 8.80. The molecule has 0 unspecified atom stereocenters. The van der Waals surface area contributed by atoms with Crippen LogP contribution in [0.1, 0.15) is 50.4 Å². The molecule has 32 heavy (non-hydrogen) atoms. The Bertz CT molecular complexity index is 942. The number of esters is 1. The zero-order valence-corrected chi connectivity index (χ0v) is 19.1. The number of ether oxygens (including phenoxy) is 3. The number of benzene rings is 1. The molecule has 1 N–H and O–H groups in total. The van der Waals surface area contributed by atoms with Gasteiger partial charge in [-0.25, -0.2) is 4.79 Å². The van der Waals surface area contributed by atoms with Crippen LogP contribution >= 0.6 is 0 Å². The molecule has 1 saturated carbocycles. The van der Waals surface area contributed by atoms with Crippen LogP contribution in [0.15, 0.2) is 18.2 Å². The Kier molecular flexibility index (Phi) is 6.48. The van der Waals surface area contributed by atoms with E-state index < -0.39 is 42.4 Å². The smallest absolute Gasteiger partial charge is 0.326 e. The lowest BCUT2D eigenvalue weighted by molar-refractivity contribution is -0.147. The van der Waals surface area contributed by atoms with Crippen LogP contribution in [-0.2, 0) is 14.3 Å². The van der Waals surface area contributed by atoms with E-state index in [-0.39, 0.29) is 16.9 Å². The third kappa shape index (κ3) is 4.71. The number of carbonyl (C=O) groups is 4. The van der Waals surface area contributed by atoms with Crippen molar-refractivity contribution in [1.29, 1.82) is 0 Å². The topological polar surface area (TPSA) is 111 Å². The van der Waals surface area contributed by atoms with Crippen molar-refractivity contribution in [3.8, 4) is 11.5 Å². The Morgan fingerprint density at radius 3 is 2.50 bits per heavy atom. The van der Waals surface area contributed by atoms with Gasteiger partial charge >= 0.3 is 12.0 Å². The number of Topliss-reactive ketones (excluding diaryl/α,β-unsaturated/α-hetero) is 1. The van der Waals surface area contributed by atoms with Crippen LogP contribution in [0.2, 0.25) is 0 Å². The van der Waals surface area contributed by atoms with E-state index in [0.717, 1.165) is 11.3 Å². The summed E-state index contributed by atoms with van der Waals surface area (Å²) in [6, 6.07) is 4.09. The van der Waals surface area contributed by atoms with Gasteiger partial charge in [-0.15, -0.1) is 0 Å². The molecule has 1 saturated heterocycles. The maximum Gasteiger partial charge on any atom is 0.326 e. The highest BCUT2D eigenvalue weighted by Crippen LogP contribution is 2.46. The molecule has 1 heterocycles. The predicted octanol–water partition coefficient (Wildman–Crippen LogP) is 2.57.